The number of hydrogen-bond donors (Lipinski definition) is 1. The van der Waals surface area contributed by atoms with E-state index >= 15 is 0 Å². The number of rotatable bonds is 5. The number of benzene rings is 1. The molecule has 2 aliphatic heterocycles. The highest BCUT2D eigenvalue weighted by Gasteiger charge is 2.21. The SMILES string of the molecule is O=C(CI)Nc1cccc(-c2nc(N3CCOCC3)nc(N3CCOCC3)n2)c1. The minimum Gasteiger partial charge on any atom is -0.378 e. The first-order valence-electron chi connectivity index (χ1n) is 9.60. The molecule has 1 aromatic heterocycles. The van der Waals surface area contributed by atoms with Gasteiger partial charge in [-0.2, -0.15) is 15.0 Å². The maximum atomic E-state index is 11.8. The van der Waals surface area contributed by atoms with Gasteiger partial charge in [0.15, 0.2) is 5.82 Å². The van der Waals surface area contributed by atoms with Gasteiger partial charge >= 0.3 is 0 Å². The van der Waals surface area contributed by atoms with Crippen LogP contribution in [0.25, 0.3) is 11.4 Å². The molecule has 2 aliphatic rings. The summed E-state index contributed by atoms with van der Waals surface area (Å²) in [6.45, 7) is 5.62. The van der Waals surface area contributed by atoms with Gasteiger partial charge in [0.1, 0.15) is 0 Å². The molecule has 2 fully saturated rings. The van der Waals surface area contributed by atoms with Crippen LogP contribution in [-0.2, 0) is 14.3 Å². The molecule has 0 atom stereocenters. The van der Waals surface area contributed by atoms with Gasteiger partial charge in [0.25, 0.3) is 0 Å². The average Bonchev–Trinajstić information content (AvgIpc) is 2.80. The van der Waals surface area contributed by atoms with Crippen molar-refractivity contribution in [1.29, 1.82) is 0 Å². The van der Waals surface area contributed by atoms with Gasteiger partial charge in [-0.25, -0.2) is 0 Å². The molecular formula is C19H23IN6O3. The van der Waals surface area contributed by atoms with Crippen LogP contribution in [0.2, 0.25) is 0 Å². The number of nitrogens with zero attached hydrogens (tertiary/aromatic N) is 5. The van der Waals surface area contributed by atoms with E-state index < -0.39 is 0 Å². The second-order valence-electron chi connectivity index (χ2n) is 6.72. The lowest BCUT2D eigenvalue weighted by molar-refractivity contribution is -0.113. The molecule has 0 aliphatic carbocycles. The molecule has 29 heavy (non-hydrogen) atoms. The first-order chi connectivity index (χ1) is 14.2. The summed E-state index contributed by atoms with van der Waals surface area (Å²) in [6, 6.07) is 7.60. The number of halogens is 1. The molecule has 0 unspecified atom stereocenters. The van der Waals surface area contributed by atoms with Crippen molar-refractivity contribution in [2.24, 2.45) is 0 Å². The van der Waals surface area contributed by atoms with Crippen LogP contribution >= 0.6 is 22.6 Å². The third kappa shape index (κ3) is 5.11. The van der Waals surface area contributed by atoms with Gasteiger partial charge in [-0.05, 0) is 12.1 Å². The van der Waals surface area contributed by atoms with Crippen molar-refractivity contribution < 1.29 is 14.3 Å². The van der Waals surface area contributed by atoms with Crippen LogP contribution in [0, 0.1) is 0 Å². The van der Waals surface area contributed by atoms with E-state index in [4.69, 9.17) is 24.4 Å². The van der Waals surface area contributed by atoms with Gasteiger partial charge in [0.05, 0.1) is 30.9 Å². The van der Waals surface area contributed by atoms with Crippen molar-refractivity contribution in [2.75, 3.05) is 72.2 Å². The minimum absolute atomic E-state index is 0.0404. The Labute approximate surface area is 183 Å². The second-order valence-corrected chi connectivity index (χ2v) is 7.48. The van der Waals surface area contributed by atoms with Crippen molar-refractivity contribution in [1.82, 2.24) is 15.0 Å². The highest BCUT2D eigenvalue weighted by Crippen LogP contribution is 2.24. The Hall–Kier alpha value is -2.05. The second kappa shape index (κ2) is 9.63. The maximum absolute atomic E-state index is 11.8. The first kappa shape index (κ1) is 20.2. The van der Waals surface area contributed by atoms with E-state index in [1.165, 1.54) is 0 Å². The van der Waals surface area contributed by atoms with E-state index in [0.29, 0.717) is 48.6 Å². The van der Waals surface area contributed by atoms with Crippen LogP contribution in [0.15, 0.2) is 24.3 Å². The predicted molar refractivity (Wildman–Crippen MR) is 119 cm³/mol. The van der Waals surface area contributed by atoms with Crippen molar-refractivity contribution in [3.63, 3.8) is 0 Å². The molecule has 0 spiro atoms. The number of ether oxygens (including phenoxy) is 2. The number of anilines is 3. The van der Waals surface area contributed by atoms with E-state index in [1.54, 1.807) is 0 Å². The van der Waals surface area contributed by atoms with E-state index in [-0.39, 0.29) is 5.91 Å². The average molecular weight is 510 g/mol. The number of nitrogens with one attached hydrogen (secondary N) is 1. The number of morpholine rings is 2. The number of carbonyl (C=O) groups excluding carboxylic acids is 1. The number of hydrogen-bond acceptors (Lipinski definition) is 8. The molecule has 1 aromatic carbocycles. The van der Waals surface area contributed by atoms with Crippen LogP contribution < -0.4 is 15.1 Å². The van der Waals surface area contributed by atoms with Gasteiger partial charge < -0.3 is 24.6 Å². The minimum atomic E-state index is -0.0404. The molecule has 1 amide bonds. The fourth-order valence-corrected chi connectivity index (χ4v) is 3.41. The van der Waals surface area contributed by atoms with E-state index in [2.05, 4.69) is 15.1 Å². The lowest BCUT2D eigenvalue weighted by Gasteiger charge is -2.30. The molecule has 0 bridgehead atoms. The Kier molecular flexibility index (Phi) is 6.72. The van der Waals surface area contributed by atoms with Gasteiger partial charge in [-0.1, -0.05) is 34.7 Å². The lowest BCUT2D eigenvalue weighted by Crippen LogP contribution is -2.40. The fraction of sp³-hybridized carbons (Fsp3) is 0.474. The van der Waals surface area contributed by atoms with Crippen molar-refractivity contribution in [2.45, 2.75) is 0 Å². The highest BCUT2D eigenvalue weighted by molar-refractivity contribution is 14.1. The summed E-state index contributed by atoms with van der Waals surface area (Å²) in [7, 11) is 0. The number of carbonyl (C=O) groups is 1. The molecule has 1 N–H and O–H groups in total. The zero-order valence-corrected chi connectivity index (χ0v) is 18.2. The van der Waals surface area contributed by atoms with Crippen LogP contribution in [0.3, 0.4) is 0 Å². The molecule has 154 valence electrons. The molecule has 0 saturated carbocycles. The highest BCUT2D eigenvalue weighted by atomic mass is 127. The van der Waals surface area contributed by atoms with Gasteiger partial charge in [0, 0.05) is 37.4 Å². The predicted octanol–water partition coefficient (Wildman–Crippen LogP) is 1.59. The Morgan fingerprint density at radius 2 is 1.55 bits per heavy atom. The van der Waals surface area contributed by atoms with E-state index in [1.807, 2.05) is 46.9 Å². The Bertz CT molecular complexity index is 819. The summed E-state index contributed by atoms with van der Waals surface area (Å²) in [5.74, 6) is 1.86. The Balaban J connectivity index is 1.69. The molecule has 0 radical (unpaired) electrons. The summed E-state index contributed by atoms with van der Waals surface area (Å²) in [6.07, 6.45) is 0. The third-order valence-corrected chi connectivity index (χ3v) is 5.42. The molecule has 2 saturated heterocycles. The van der Waals surface area contributed by atoms with Crippen molar-refractivity contribution in [3.05, 3.63) is 24.3 Å². The van der Waals surface area contributed by atoms with Crippen LogP contribution in [0.5, 0.6) is 0 Å². The lowest BCUT2D eigenvalue weighted by atomic mass is 10.2. The van der Waals surface area contributed by atoms with Crippen molar-refractivity contribution >= 4 is 46.1 Å². The van der Waals surface area contributed by atoms with Crippen LogP contribution in [-0.4, -0.2) is 77.9 Å². The molecule has 9 nitrogen and oxygen atoms in total. The van der Waals surface area contributed by atoms with Crippen LogP contribution in [0.1, 0.15) is 0 Å². The van der Waals surface area contributed by atoms with Crippen LogP contribution in [0.4, 0.5) is 17.6 Å². The van der Waals surface area contributed by atoms with Gasteiger partial charge in [-0.3, -0.25) is 4.79 Å². The quantitative estimate of drug-likeness (QED) is 0.479. The summed E-state index contributed by atoms with van der Waals surface area (Å²) in [4.78, 5) is 30.2. The monoisotopic (exact) mass is 510 g/mol. The smallest absolute Gasteiger partial charge is 0.234 e. The normalized spacial score (nSPS) is 17.3. The standard InChI is InChI=1S/C19H23IN6O3/c20-13-16(27)21-15-3-1-2-14(12-15)17-22-18(25-4-8-28-9-5-25)24-19(23-17)26-6-10-29-11-7-26/h1-3,12H,4-11,13H2,(H,21,27). The Morgan fingerprint density at radius 1 is 0.966 bits per heavy atom. The largest absolute Gasteiger partial charge is 0.378 e. The third-order valence-electron chi connectivity index (χ3n) is 4.73. The van der Waals surface area contributed by atoms with E-state index in [0.717, 1.165) is 37.4 Å². The number of amides is 1. The molecule has 3 heterocycles. The molecule has 10 heteroatoms. The summed E-state index contributed by atoms with van der Waals surface area (Å²) < 4.78 is 11.3. The zero-order valence-electron chi connectivity index (χ0n) is 16.0. The van der Waals surface area contributed by atoms with Gasteiger partial charge in [0.2, 0.25) is 17.8 Å². The Morgan fingerprint density at radius 3 is 2.10 bits per heavy atom. The number of aromatic nitrogens is 3. The summed E-state index contributed by atoms with van der Waals surface area (Å²) >= 11 is 2.04. The summed E-state index contributed by atoms with van der Waals surface area (Å²) in [5, 5.41) is 2.89. The molecular weight excluding hydrogens is 487 g/mol. The van der Waals surface area contributed by atoms with Gasteiger partial charge in [-0.15, -0.1) is 0 Å². The molecule has 4 rings (SSSR count). The molecule has 2 aromatic rings. The summed E-state index contributed by atoms with van der Waals surface area (Å²) in [5.41, 5.74) is 1.56. The van der Waals surface area contributed by atoms with Crippen molar-refractivity contribution in [3.8, 4) is 11.4 Å². The maximum Gasteiger partial charge on any atom is 0.234 e. The van der Waals surface area contributed by atoms with E-state index in [9.17, 15) is 4.79 Å². The topological polar surface area (TPSA) is 92.7 Å². The number of alkyl halides is 1. The fourth-order valence-electron chi connectivity index (χ4n) is 3.22. The zero-order chi connectivity index (χ0) is 20.1. The first-order valence-corrected chi connectivity index (χ1v) is 11.1.